The second-order valence-electron chi connectivity index (χ2n) is 10.4. The molecule has 0 saturated carbocycles. The lowest BCUT2D eigenvalue weighted by molar-refractivity contribution is 0.669. The van der Waals surface area contributed by atoms with Crippen LogP contribution < -0.4 is 0 Å². The lowest BCUT2D eigenvalue weighted by Crippen LogP contribution is -2.00. The molecule has 0 unspecified atom stereocenters. The Labute approximate surface area is 247 Å². The molecule has 0 radical (unpaired) electrons. The highest BCUT2D eigenvalue weighted by atomic mass is 16.3. The van der Waals surface area contributed by atoms with E-state index in [4.69, 9.17) is 19.4 Å². The Morgan fingerprint density at radius 3 is 1.63 bits per heavy atom. The Hall–Kier alpha value is -6.12. The van der Waals surface area contributed by atoms with Gasteiger partial charge in [-0.3, -0.25) is 0 Å². The second-order valence-corrected chi connectivity index (χ2v) is 10.4. The van der Waals surface area contributed by atoms with Crippen molar-refractivity contribution in [3.05, 3.63) is 139 Å². The molecule has 8 aromatic rings. The maximum Gasteiger partial charge on any atom is 0.164 e. The number of aromatic nitrogens is 3. The minimum Gasteiger partial charge on any atom is -0.456 e. The van der Waals surface area contributed by atoms with Gasteiger partial charge < -0.3 is 4.42 Å². The molecule has 0 amide bonds. The Kier molecular flexibility index (Phi) is 5.77. The molecule has 43 heavy (non-hydrogen) atoms. The SMILES string of the molecule is N#Cc1ccc2oc3ccc(-c4ccc(-c5nc(-c6ccccc6)nc(-c6ccccc6)n5)c5ccccc45)cc3c2c1. The molecule has 0 saturated heterocycles. The summed E-state index contributed by atoms with van der Waals surface area (Å²) >= 11 is 0. The molecule has 0 aliphatic rings. The van der Waals surface area contributed by atoms with Crippen LogP contribution in [0.1, 0.15) is 5.56 Å². The molecule has 5 nitrogen and oxygen atoms in total. The van der Waals surface area contributed by atoms with Crippen LogP contribution >= 0.6 is 0 Å². The summed E-state index contributed by atoms with van der Waals surface area (Å²) in [7, 11) is 0. The highest BCUT2D eigenvalue weighted by molar-refractivity contribution is 6.09. The van der Waals surface area contributed by atoms with Gasteiger partial charge in [-0.1, -0.05) is 97.1 Å². The summed E-state index contributed by atoms with van der Waals surface area (Å²) in [5, 5.41) is 13.5. The van der Waals surface area contributed by atoms with Crippen LogP contribution in [0.15, 0.2) is 138 Å². The fourth-order valence-electron chi connectivity index (χ4n) is 5.69. The van der Waals surface area contributed by atoms with Crippen LogP contribution in [-0.2, 0) is 0 Å². The van der Waals surface area contributed by atoms with Crippen LogP contribution in [0.5, 0.6) is 0 Å². The van der Waals surface area contributed by atoms with Crippen molar-refractivity contribution in [1.29, 1.82) is 5.26 Å². The predicted molar refractivity (Wildman–Crippen MR) is 171 cm³/mol. The van der Waals surface area contributed by atoms with E-state index in [-0.39, 0.29) is 0 Å². The normalized spacial score (nSPS) is 11.2. The van der Waals surface area contributed by atoms with Crippen molar-refractivity contribution in [3.63, 3.8) is 0 Å². The van der Waals surface area contributed by atoms with E-state index >= 15 is 0 Å². The van der Waals surface area contributed by atoms with Gasteiger partial charge in [0, 0.05) is 27.5 Å². The summed E-state index contributed by atoms with van der Waals surface area (Å²) in [4.78, 5) is 14.8. The zero-order chi connectivity index (χ0) is 28.8. The molecule has 5 heteroatoms. The molecular weight excluding hydrogens is 528 g/mol. The average molecular weight is 551 g/mol. The maximum absolute atomic E-state index is 9.45. The van der Waals surface area contributed by atoms with E-state index in [2.05, 4.69) is 48.5 Å². The molecule has 0 atom stereocenters. The van der Waals surface area contributed by atoms with Gasteiger partial charge in [0.15, 0.2) is 17.5 Å². The number of benzene rings is 6. The molecule has 6 aromatic carbocycles. The minimum atomic E-state index is 0.609. The third-order valence-corrected chi connectivity index (χ3v) is 7.77. The Morgan fingerprint density at radius 1 is 0.442 bits per heavy atom. The van der Waals surface area contributed by atoms with E-state index in [0.717, 1.165) is 60.5 Å². The van der Waals surface area contributed by atoms with Gasteiger partial charge in [0.05, 0.1) is 11.6 Å². The molecule has 8 rings (SSSR count). The van der Waals surface area contributed by atoms with Crippen LogP contribution in [-0.4, -0.2) is 15.0 Å². The third kappa shape index (κ3) is 4.30. The van der Waals surface area contributed by atoms with Crippen LogP contribution in [0, 0.1) is 11.3 Å². The first-order valence-electron chi connectivity index (χ1n) is 14.0. The zero-order valence-electron chi connectivity index (χ0n) is 22.9. The van der Waals surface area contributed by atoms with Crippen molar-refractivity contribution in [2.24, 2.45) is 0 Å². The fraction of sp³-hybridized carbons (Fsp3) is 0. The van der Waals surface area contributed by atoms with Crippen LogP contribution in [0.4, 0.5) is 0 Å². The smallest absolute Gasteiger partial charge is 0.164 e. The average Bonchev–Trinajstić information content (AvgIpc) is 3.45. The van der Waals surface area contributed by atoms with E-state index < -0.39 is 0 Å². The third-order valence-electron chi connectivity index (χ3n) is 7.77. The van der Waals surface area contributed by atoms with Gasteiger partial charge in [-0.2, -0.15) is 5.26 Å². The van der Waals surface area contributed by atoms with Gasteiger partial charge in [-0.15, -0.1) is 0 Å². The minimum absolute atomic E-state index is 0.609. The largest absolute Gasteiger partial charge is 0.456 e. The lowest BCUT2D eigenvalue weighted by atomic mass is 9.94. The highest BCUT2D eigenvalue weighted by Crippen LogP contribution is 2.38. The topological polar surface area (TPSA) is 75.6 Å². The molecule has 200 valence electrons. The number of furan rings is 1. The van der Waals surface area contributed by atoms with Gasteiger partial charge in [0.2, 0.25) is 0 Å². The molecule has 2 heterocycles. The number of hydrogen-bond acceptors (Lipinski definition) is 5. The zero-order valence-corrected chi connectivity index (χ0v) is 22.9. The van der Waals surface area contributed by atoms with Crippen molar-refractivity contribution < 1.29 is 4.42 Å². The standard InChI is InChI=1S/C38H22N4O/c39-23-24-15-19-34-32(21-24)33-22-27(16-20-35(33)43-34)28-17-18-31(30-14-8-7-13-29(28)30)38-41-36(25-9-3-1-4-10-25)40-37(42-38)26-11-5-2-6-12-26/h1-22H. The van der Waals surface area contributed by atoms with E-state index in [0.29, 0.717) is 23.0 Å². The summed E-state index contributed by atoms with van der Waals surface area (Å²) in [6.07, 6.45) is 0. The van der Waals surface area contributed by atoms with Gasteiger partial charge in [0.1, 0.15) is 11.2 Å². The molecular formula is C38H22N4O. The lowest BCUT2D eigenvalue weighted by Gasteiger charge is -2.13. The van der Waals surface area contributed by atoms with Crippen molar-refractivity contribution in [2.45, 2.75) is 0 Å². The molecule has 0 N–H and O–H groups in total. The Morgan fingerprint density at radius 2 is 0.977 bits per heavy atom. The number of rotatable bonds is 4. The first-order chi connectivity index (χ1) is 21.2. The molecule has 0 bridgehead atoms. The summed E-state index contributed by atoms with van der Waals surface area (Å²) in [6, 6.07) is 46.6. The van der Waals surface area contributed by atoms with Gasteiger partial charge >= 0.3 is 0 Å². The van der Waals surface area contributed by atoms with Crippen LogP contribution in [0.2, 0.25) is 0 Å². The van der Waals surface area contributed by atoms with Crippen molar-refractivity contribution in [3.8, 4) is 51.4 Å². The molecule has 0 fully saturated rings. The molecule has 0 spiro atoms. The summed E-state index contributed by atoms with van der Waals surface area (Å²) < 4.78 is 6.07. The molecule has 0 aliphatic carbocycles. The van der Waals surface area contributed by atoms with E-state index in [1.165, 1.54) is 0 Å². The second kappa shape index (κ2) is 10.1. The summed E-state index contributed by atoms with van der Waals surface area (Å²) in [5.41, 5.74) is 7.13. The number of nitrogens with zero attached hydrogens (tertiary/aromatic N) is 4. The van der Waals surface area contributed by atoms with E-state index in [9.17, 15) is 5.26 Å². The quantitative estimate of drug-likeness (QED) is 0.218. The van der Waals surface area contributed by atoms with Crippen molar-refractivity contribution in [1.82, 2.24) is 15.0 Å². The van der Waals surface area contributed by atoms with Crippen molar-refractivity contribution in [2.75, 3.05) is 0 Å². The fourth-order valence-corrected chi connectivity index (χ4v) is 5.69. The van der Waals surface area contributed by atoms with E-state index in [1.54, 1.807) is 6.07 Å². The number of hydrogen-bond donors (Lipinski definition) is 0. The van der Waals surface area contributed by atoms with Gasteiger partial charge in [-0.05, 0) is 58.3 Å². The first kappa shape index (κ1) is 24.7. The summed E-state index contributed by atoms with van der Waals surface area (Å²) in [6.45, 7) is 0. The number of fused-ring (bicyclic) bond motifs is 4. The Bertz CT molecular complexity index is 2300. The molecule has 2 aromatic heterocycles. The monoisotopic (exact) mass is 550 g/mol. The van der Waals surface area contributed by atoms with Gasteiger partial charge in [-0.25, -0.2) is 15.0 Å². The van der Waals surface area contributed by atoms with E-state index in [1.807, 2.05) is 84.9 Å². The maximum atomic E-state index is 9.45. The van der Waals surface area contributed by atoms with Crippen LogP contribution in [0.25, 0.3) is 78.0 Å². The summed E-state index contributed by atoms with van der Waals surface area (Å²) in [5.74, 6) is 1.88. The molecule has 0 aliphatic heterocycles. The van der Waals surface area contributed by atoms with Crippen molar-refractivity contribution >= 4 is 32.7 Å². The first-order valence-corrected chi connectivity index (χ1v) is 14.0. The predicted octanol–water partition coefficient (Wildman–Crippen LogP) is 9.46. The Balaban J connectivity index is 1.32. The highest BCUT2D eigenvalue weighted by Gasteiger charge is 2.17. The number of nitriles is 1. The van der Waals surface area contributed by atoms with Gasteiger partial charge in [0.25, 0.3) is 0 Å². The van der Waals surface area contributed by atoms with Crippen LogP contribution in [0.3, 0.4) is 0 Å².